The van der Waals surface area contributed by atoms with Gasteiger partial charge in [0.05, 0.1) is 11.9 Å². The van der Waals surface area contributed by atoms with Gasteiger partial charge in [-0.05, 0) is 38.1 Å². The van der Waals surface area contributed by atoms with Gasteiger partial charge < -0.3 is 10.2 Å². The fourth-order valence-corrected chi connectivity index (χ4v) is 3.62. The van der Waals surface area contributed by atoms with Crippen molar-refractivity contribution in [1.82, 2.24) is 19.9 Å². The minimum atomic E-state index is 0.709. The van der Waals surface area contributed by atoms with Crippen LogP contribution in [-0.4, -0.2) is 40.8 Å². The number of rotatable bonds is 2. The van der Waals surface area contributed by atoms with Crippen LogP contribution in [0.4, 0.5) is 5.82 Å². The van der Waals surface area contributed by atoms with E-state index in [1.54, 1.807) is 0 Å². The summed E-state index contributed by atoms with van der Waals surface area (Å²) in [5.74, 6) is 2.04. The van der Waals surface area contributed by atoms with E-state index in [0.29, 0.717) is 5.92 Å². The van der Waals surface area contributed by atoms with Crippen molar-refractivity contribution in [3.8, 4) is 0 Å². The molecular weight excluding hydrogens is 262 g/mol. The van der Waals surface area contributed by atoms with Crippen molar-refractivity contribution in [3.63, 3.8) is 0 Å². The van der Waals surface area contributed by atoms with Crippen LogP contribution in [0.3, 0.4) is 0 Å². The SMILES string of the molecule is c1nn2c(N3CCC3)c3c(nc2c1C1CC1)CCNCC3. The molecule has 1 saturated carbocycles. The van der Waals surface area contributed by atoms with Crippen LogP contribution >= 0.6 is 0 Å². The maximum atomic E-state index is 5.03. The molecule has 2 aliphatic heterocycles. The molecular formula is C16H21N5. The highest BCUT2D eigenvalue weighted by Gasteiger charge is 2.31. The Morgan fingerprint density at radius 2 is 2.00 bits per heavy atom. The third-order valence-corrected chi connectivity index (χ3v) is 5.09. The number of nitrogens with one attached hydrogen (secondary N) is 1. The molecule has 0 amide bonds. The maximum absolute atomic E-state index is 5.03. The van der Waals surface area contributed by atoms with E-state index in [2.05, 4.69) is 20.9 Å². The molecule has 0 atom stereocenters. The molecule has 5 heteroatoms. The molecule has 21 heavy (non-hydrogen) atoms. The normalized spacial score (nSPS) is 22.0. The molecule has 2 aromatic heterocycles. The second-order valence-electron chi connectivity index (χ2n) is 6.56. The number of aromatic nitrogens is 3. The van der Waals surface area contributed by atoms with Gasteiger partial charge in [-0.15, -0.1) is 0 Å². The molecule has 0 spiro atoms. The van der Waals surface area contributed by atoms with E-state index in [1.165, 1.54) is 41.9 Å². The summed E-state index contributed by atoms with van der Waals surface area (Å²) in [7, 11) is 0. The lowest BCUT2D eigenvalue weighted by Crippen LogP contribution is -2.39. The average Bonchev–Trinajstić information content (AvgIpc) is 3.21. The Labute approximate surface area is 124 Å². The van der Waals surface area contributed by atoms with Gasteiger partial charge >= 0.3 is 0 Å². The fraction of sp³-hybridized carbons (Fsp3) is 0.625. The van der Waals surface area contributed by atoms with Gasteiger partial charge in [-0.25, -0.2) is 4.98 Å². The first kappa shape index (κ1) is 12.0. The lowest BCUT2D eigenvalue weighted by molar-refractivity contribution is 0.594. The molecule has 0 aromatic carbocycles. The van der Waals surface area contributed by atoms with E-state index < -0.39 is 0 Å². The van der Waals surface area contributed by atoms with E-state index in [4.69, 9.17) is 10.1 Å². The number of hydrogen-bond acceptors (Lipinski definition) is 4. The zero-order chi connectivity index (χ0) is 13.8. The van der Waals surface area contributed by atoms with Gasteiger partial charge in [0.15, 0.2) is 5.65 Å². The van der Waals surface area contributed by atoms with Gasteiger partial charge in [0, 0.05) is 37.2 Å². The van der Waals surface area contributed by atoms with Crippen LogP contribution in [0.25, 0.3) is 5.65 Å². The van der Waals surface area contributed by atoms with Crippen molar-refractivity contribution in [1.29, 1.82) is 0 Å². The van der Waals surface area contributed by atoms with Gasteiger partial charge in [0.2, 0.25) is 0 Å². The summed E-state index contributed by atoms with van der Waals surface area (Å²) in [6.45, 7) is 4.43. The zero-order valence-corrected chi connectivity index (χ0v) is 12.3. The molecule has 0 unspecified atom stereocenters. The van der Waals surface area contributed by atoms with Crippen LogP contribution in [-0.2, 0) is 12.8 Å². The monoisotopic (exact) mass is 283 g/mol. The van der Waals surface area contributed by atoms with Crippen molar-refractivity contribution in [2.45, 2.75) is 38.0 Å². The summed E-state index contributed by atoms with van der Waals surface area (Å²) >= 11 is 0. The Bertz CT molecular complexity index is 696. The van der Waals surface area contributed by atoms with Gasteiger partial charge in [-0.2, -0.15) is 9.61 Å². The molecule has 0 radical (unpaired) electrons. The highest BCUT2D eigenvalue weighted by atomic mass is 15.4. The van der Waals surface area contributed by atoms with Gasteiger partial charge in [0.25, 0.3) is 0 Å². The molecule has 0 bridgehead atoms. The van der Waals surface area contributed by atoms with Gasteiger partial charge in [-0.1, -0.05) is 0 Å². The van der Waals surface area contributed by atoms with E-state index in [1.807, 2.05) is 0 Å². The van der Waals surface area contributed by atoms with Crippen LogP contribution in [0.5, 0.6) is 0 Å². The first-order chi connectivity index (χ1) is 10.4. The molecule has 110 valence electrons. The Morgan fingerprint density at radius 1 is 1.14 bits per heavy atom. The minimum Gasteiger partial charge on any atom is -0.356 e. The summed E-state index contributed by atoms with van der Waals surface area (Å²) in [6.07, 6.45) is 8.10. The lowest BCUT2D eigenvalue weighted by atomic mass is 10.1. The van der Waals surface area contributed by atoms with E-state index >= 15 is 0 Å². The molecule has 1 N–H and O–H groups in total. The molecule has 2 aromatic rings. The summed E-state index contributed by atoms with van der Waals surface area (Å²) < 4.78 is 2.14. The van der Waals surface area contributed by atoms with Crippen molar-refractivity contribution in [2.75, 3.05) is 31.1 Å². The standard InChI is InChI=1S/C16H21N5/c1-8-20(9-1)16-12-4-6-17-7-5-14(12)19-15-13(11-2-3-11)10-18-21(15)16/h10-11,17H,1-9H2. The Morgan fingerprint density at radius 3 is 2.76 bits per heavy atom. The number of anilines is 1. The molecule has 2 fully saturated rings. The van der Waals surface area contributed by atoms with Gasteiger partial charge in [0.1, 0.15) is 5.82 Å². The van der Waals surface area contributed by atoms with Crippen LogP contribution < -0.4 is 10.2 Å². The minimum absolute atomic E-state index is 0.709. The number of nitrogens with zero attached hydrogens (tertiary/aromatic N) is 4. The summed E-state index contributed by atoms with van der Waals surface area (Å²) in [4.78, 5) is 7.52. The molecule has 3 aliphatic rings. The summed E-state index contributed by atoms with van der Waals surface area (Å²) in [6, 6.07) is 0. The largest absolute Gasteiger partial charge is 0.356 e. The first-order valence-corrected chi connectivity index (χ1v) is 8.27. The topological polar surface area (TPSA) is 45.5 Å². The Kier molecular flexibility index (Phi) is 2.53. The van der Waals surface area contributed by atoms with Crippen molar-refractivity contribution < 1.29 is 0 Å². The smallest absolute Gasteiger partial charge is 0.161 e. The first-order valence-electron chi connectivity index (χ1n) is 8.27. The highest BCUT2D eigenvalue weighted by molar-refractivity contribution is 5.62. The Balaban J connectivity index is 1.76. The van der Waals surface area contributed by atoms with Gasteiger partial charge in [-0.3, -0.25) is 0 Å². The fourth-order valence-electron chi connectivity index (χ4n) is 3.62. The molecule has 1 aliphatic carbocycles. The molecule has 4 heterocycles. The van der Waals surface area contributed by atoms with Crippen molar-refractivity contribution >= 4 is 11.5 Å². The van der Waals surface area contributed by atoms with Crippen LogP contribution in [0.1, 0.15) is 42.0 Å². The number of fused-ring (bicyclic) bond motifs is 2. The predicted molar refractivity (Wildman–Crippen MR) is 82.1 cm³/mol. The molecule has 1 saturated heterocycles. The third kappa shape index (κ3) is 1.80. The lowest BCUT2D eigenvalue weighted by Gasteiger charge is -2.35. The summed E-state index contributed by atoms with van der Waals surface area (Å²) in [5, 5.41) is 8.22. The summed E-state index contributed by atoms with van der Waals surface area (Å²) in [5.41, 5.74) is 5.23. The molecule has 5 nitrogen and oxygen atoms in total. The molecule has 5 rings (SSSR count). The Hall–Kier alpha value is -1.62. The average molecular weight is 283 g/mol. The second kappa shape index (κ2) is 4.44. The van der Waals surface area contributed by atoms with Crippen LogP contribution in [0, 0.1) is 0 Å². The van der Waals surface area contributed by atoms with Crippen molar-refractivity contribution in [3.05, 3.63) is 23.0 Å². The predicted octanol–water partition coefficient (Wildman–Crippen LogP) is 1.50. The van der Waals surface area contributed by atoms with Crippen molar-refractivity contribution in [2.24, 2.45) is 0 Å². The zero-order valence-electron chi connectivity index (χ0n) is 12.3. The van der Waals surface area contributed by atoms with E-state index in [9.17, 15) is 0 Å². The quantitative estimate of drug-likeness (QED) is 0.907. The van der Waals surface area contributed by atoms with E-state index in [0.717, 1.165) is 44.7 Å². The van der Waals surface area contributed by atoms with Crippen LogP contribution in [0.2, 0.25) is 0 Å². The van der Waals surface area contributed by atoms with Crippen LogP contribution in [0.15, 0.2) is 6.20 Å². The third-order valence-electron chi connectivity index (χ3n) is 5.09. The second-order valence-corrected chi connectivity index (χ2v) is 6.56. The number of hydrogen-bond donors (Lipinski definition) is 1. The highest BCUT2D eigenvalue weighted by Crippen LogP contribution is 2.42. The van der Waals surface area contributed by atoms with E-state index in [-0.39, 0.29) is 0 Å². The maximum Gasteiger partial charge on any atom is 0.161 e.